The number of carbonyl (C=O) groups excluding carboxylic acids is 2. The van der Waals surface area contributed by atoms with Crippen molar-refractivity contribution in [1.29, 1.82) is 0 Å². The maximum absolute atomic E-state index is 12.3. The molecule has 2 amide bonds. The highest BCUT2D eigenvalue weighted by Crippen LogP contribution is 2.25. The van der Waals surface area contributed by atoms with Gasteiger partial charge in [0.2, 0.25) is 5.91 Å². The van der Waals surface area contributed by atoms with Gasteiger partial charge in [-0.3, -0.25) is 9.59 Å². The lowest BCUT2D eigenvalue weighted by molar-refractivity contribution is -0.137. The normalized spacial score (nSPS) is 16.9. The van der Waals surface area contributed by atoms with Crippen molar-refractivity contribution in [2.24, 2.45) is 0 Å². The molecule has 0 unspecified atom stereocenters. The largest absolute Gasteiger partial charge is 0.481 e. The van der Waals surface area contributed by atoms with Crippen molar-refractivity contribution in [3.63, 3.8) is 0 Å². The Morgan fingerprint density at radius 1 is 1.29 bits per heavy atom. The maximum Gasteiger partial charge on any atom is 0.263 e. The predicted octanol–water partition coefficient (Wildman–Crippen LogP) is 2.11. The van der Waals surface area contributed by atoms with E-state index in [2.05, 4.69) is 5.32 Å². The van der Waals surface area contributed by atoms with Gasteiger partial charge in [-0.05, 0) is 25.1 Å². The molecule has 0 aliphatic carbocycles. The molecule has 1 aromatic rings. The molecule has 0 saturated carbocycles. The minimum atomic E-state index is -0.673. The van der Waals surface area contributed by atoms with Crippen molar-refractivity contribution >= 4 is 35.0 Å². The third kappa shape index (κ3) is 4.51. The lowest BCUT2D eigenvalue weighted by Crippen LogP contribution is -2.42. The van der Waals surface area contributed by atoms with Gasteiger partial charge in [0.1, 0.15) is 5.75 Å². The standard InChI is InChI=1S/C14H16Cl2N2O3/c1-9(21-12-7-10(15)6-11(16)8-12)14(20)18-4-2-13(19)17-3-5-18/h6-9H,2-5H2,1H3,(H,17,19)/t9-/m0/s1. The molecule has 5 nitrogen and oxygen atoms in total. The molecule has 1 aromatic carbocycles. The first-order valence-corrected chi connectivity index (χ1v) is 7.39. The molecule has 1 fully saturated rings. The Balaban J connectivity index is 2.00. The first-order chi connectivity index (χ1) is 9.95. The van der Waals surface area contributed by atoms with Gasteiger partial charge in [0.15, 0.2) is 6.10 Å². The molecular weight excluding hydrogens is 315 g/mol. The third-order valence-electron chi connectivity index (χ3n) is 3.12. The van der Waals surface area contributed by atoms with Crippen LogP contribution in [0.4, 0.5) is 0 Å². The monoisotopic (exact) mass is 330 g/mol. The lowest BCUT2D eigenvalue weighted by Gasteiger charge is -2.24. The molecule has 1 heterocycles. The van der Waals surface area contributed by atoms with Crippen LogP contribution < -0.4 is 10.1 Å². The average molecular weight is 331 g/mol. The summed E-state index contributed by atoms with van der Waals surface area (Å²) in [6.45, 7) is 3.00. The zero-order valence-corrected chi connectivity index (χ0v) is 13.1. The van der Waals surface area contributed by atoms with Gasteiger partial charge in [0, 0.05) is 36.1 Å². The molecule has 0 spiro atoms. The topological polar surface area (TPSA) is 58.6 Å². The fraction of sp³-hybridized carbons (Fsp3) is 0.429. The Kier molecular flexibility index (Phi) is 5.31. The average Bonchev–Trinajstić information content (AvgIpc) is 2.61. The molecule has 1 aliphatic rings. The number of nitrogens with one attached hydrogen (secondary N) is 1. The summed E-state index contributed by atoms with van der Waals surface area (Å²) in [6.07, 6.45) is -0.366. The molecule has 114 valence electrons. The molecule has 7 heteroatoms. The highest BCUT2D eigenvalue weighted by molar-refractivity contribution is 6.34. The second-order valence-corrected chi connectivity index (χ2v) is 5.66. The van der Waals surface area contributed by atoms with Crippen LogP contribution in [0.15, 0.2) is 18.2 Å². The number of halogens is 2. The minimum Gasteiger partial charge on any atom is -0.481 e. The van der Waals surface area contributed by atoms with E-state index in [1.54, 1.807) is 30.0 Å². The second kappa shape index (κ2) is 7.00. The van der Waals surface area contributed by atoms with Crippen LogP contribution in [0.25, 0.3) is 0 Å². The van der Waals surface area contributed by atoms with Crippen LogP contribution in [0, 0.1) is 0 Å². The fourth-order valence-electron chi connectivity index (χ4n) is 2.10. The van der Waals surface area contributed by atoms with Crippen molar-refractivity contribution in [1.82, 2.24) is 10.2 Å². The van der Waals surface area contributed by atoms with Crippen molar-refractivity contribution in [3.05, 3.63) is 28.2 Å². The van der Waals surface area contributed by atoms with E-state index in [0.717, 1.165) is 0 Å². The number of hydrogen-bond acceptors (Lipinski definition) is 3. The van der Waals surface area contributed by atoms with Crippen LogP contribution in [0.3, 0.4) is 0 Å². The van der Waals surface area contributed by atoms with Gasteiger partial charge in [0.05, 0.1) is 0 Å². The Bertz CT molecular complexity index is 531. The van der Waals surface area contributed by atoms with E-state index in [-0.39, 0.29) is 11.8 Å². The number of amides is 2. The quantitative estimate of drug-likeness (QED) is 0.923. The molecule has 1 saturated heterocycles. The zero-order chi connectivity index (χ0) is 15.4. The fourth-order valence-corrected chi connectivity index (χ4v) is 2.60. The molecule has 2 rings (SSSR count). The third-order valence-corrected chi connectivity index (χ3v) is 3.56. The van der Waals surface area contributed by atoms with Crippen molar-refractivity contribution in [2.75, 3.05) is 19.6 Å². The van der Waals surface area contributed by atoms with Gasteiger partial charge in [-0.25, -0.2) is 0 Å². The van der Waals surface area contributed by atoms with Crippen LogP contribution >= 0.6 is 23.2 Å². The van der Waals surface area contributed by atoms with E-state index in [1.807, 2.05) is 0 Å². The van der Waals surface area contributed by atoms with Crippen molar-refractivity contribution in [3.8, 4) is 5.75 Å². The number of hydrogen-bond donors (Lipinski definition) is 1. The minimum absolute atomic E-state index is 0.0412. The first kappa shape index (κ1) is 15.9. The highest BCUT2D eigenvalue weighted by atomic mass is 35.5. The Morgan fingerprint density at radius 3 is 2.62 bits per heavy atom. The Morgan fingerprint density at radius 2 is 1.95 bits per heavy atom. The number of nitrogens with zero attached hydrogens (tertiary/aromatic N) is 1. The smallest absolute Gasteiger partial charge is 0.263 e. The number of rotatable bonds is 3. The van der Waals surface area contributed by atoms with Gasteiger partial charge in [-0.2, -0.15) is 0 Å². The van der Waals surface area contributed by atoms with Crippen LogP contribution in [0.5, 0.6) is 5.75 Å². The molecule has 1 atom stereocenters. The lowest BCUT2D eigenvalue weighted by atomic mass is 10.3. The van der Waals surface area contributed by atoms with E-state index in [0.29, 0.717) is 41.8 Å². The van der Waals surface area contributed by atoms with E-state index >= 15 is 0 Å². The van der Waals surface area contributed by atoms with E-state index < -0.39 is 6.10 Å². The predicted molar refractivity (Wildman–Crippen MR) is 80.8 cm³/mol. The van der Waals surface area contributed by atoms with Gasteiger partial charge in [-0.1, -0.05) is 23.2 Å². The van der Waals surface area contributed by atoms with Crippen LogP contribution in [-0.2, 0) is 9.59 Å². The van der Waals surface area contributed by atoms with Crippen LogP contribution in [-0.4, -0.2) is 42.5 Å². The number of ether oxygens (including phenoxy) is 1. The number of benzene rings is 1. The van der Waals surface area contributed by atoms with Gasteiger partial charge < -0.3 is 15.0 Å². The molecular formula is C14H16Cl2N2O3. The molecule has 21 heavy (non-hydrogen) atoms. The molecule has 0 radical (unpaired) electrons. The summed E-state index contributed by atoms with van der Waals surface area (Å²) in [6, 6.07) is 4.80. The summed E-state index contributed by atoms with van der Waals surface area (Å²) in [7, 11) is 0. The van der Waals surface area contributed by atoms with Gasteiger partial charge in [0.25, 0.3) is 5.91 Å². The molecule has 1 N–H and O–H groups in total. The second-order valence-electron chi connectivity index (χ2n) is 4.79. The van der Waals surface area contributed by atoms with E-state index in [1.165, 1.54) is 0 Å². The first-order valence-electron chi connectivity index (χ1n) is 6.64. The Labute approximate surface area is 133 Å². The summed E-state index contributed by atoms with van der Waals surface area (Å²) in [5, 5.41) is 3.62. The summed E-state index contributed by atoms with van der Waals surface area (Å²) in [5.74, 6) is 0.237. The maximum atomic E-state index is 12.3. The molecule has 0 aromatic heterocycles. The van der Waals surface area contributed by atoms with Crippen molar-refractivity contribution < 1.29 is 14.3 Å². The van der Waals surface area contributed by atoms with Gasteiger partial charge in [-0.15, -0.1) is 0 Å². The van der Waals surface area contributed by atoms with Gasteiger partial charge >= 0.3 is 0 Å². The van der Waals surface area contributed by atoms with E-state index in [9.17, 15) is 9.59 Å². The summed E-state index contributed by atoms with van der Waals surface area (Å²) >= 11 is 11.8. The summed E-state index contributed by atoms with van der Waals surface area (Å²) in [4.78, 5) is 25.2. The van der Waals surface area contributed by atoms with Crippen LogP contribution in [0.1, 0.15) is 13.3 Å². The van der Waals surface area contributed by atoms with Crippen molar-refractivity contribution in [2.45, 2.75) is 19.4 Å². The molecule has 1 aliphatic heterocycles. The highest BCUT2D eigenvalue weighted by Gasteiger charge is 2.24. The SMILES string of the molecule is C[C@H](Oc1cc(Cl)cc(Cl)c1)C(=O)N1CCNC(=O)CC1. The number of carbonyl (C=O) groups is 2. The Hall–Kier alpha value is -1.46. The van der Waals surface area contributed by atoms with E-state index in [4.69, 9.17) is 27.9 Å². The molecule has 0 bridgehead atoms. The van der Waals surface area contributed by atoms with Crippen LogP contribution in [0.2, 0.25) is 10.0 Å². The zero-order valence-electron chi connectivity index (χ0n) is 11.6. The summed E-state index contributed by atoms with van der Waals surface area (Å²) < 4.78 is 5.59. The summed E-state index contributed by atoms with van der Waals surface area (Å²) in [5.41, 5.74) is 0.